The van der Waals surface area contributed by atoms with Gasteiger partial charge < -0.3 is 15.0 Å². The molecule has 132 valence electrons. The Labute approximate surface area is 148 Å². The summed E-state index contributed by atoms with van der Waals surface area (Å²) in [6, 6.07) is 13.1. The fourth-order valence-corrected chi connectivity index (χ4v) is 2.46. The van der Waals surface area contributed by atoms with Gasteiger partial charge in [-0.05, 0) is 29.8 Å². The number of nitrogens with one attached hydrogen (secondary N) is 1. The molecule has 0 unspecified atom stereocenters. The van der Waals surface area contributed by atoms with E-state index in [9.17, 15) is 14.4 Å². The molecule has 0 aliphatic rings. The maximum atomic E-state index is 12.3. The highest BCUT2D eigenvalue weighted by molar-refractivity contribution is 5.92. The van der Waals surface area contributed by atoms with Crippen molar-refractivity contribution in [3.8, 4) is 5.69 Å². The lowest BCUT2D eigenvalue weighted by Crippen LogP contribution is -2.30. The van der Waals surface area contributed by atoms with E-state index in [1.54, 1.807) is 30.5 Å². The zero-order valence-electron chi connectivity index (χ0n) is 13.9. The number of pyridine rings is 1. The second-order valence-corrected chi connectivity index (χ2v) is 5.61. The van der Waals surface area contributed by atoms with Crippen molar-refractivity contribution in [1.29, 1.82) is 0 Å². The highest BCUT2D eigenvalue weighted by Crippen LogP contribution is 2.11. The number of nitrogens with zero attached hydrogens (tertiary/aromatic N) is 3. The molecule has 0 saturated carbocycles. The van der Waals surface area contributed by atoms with Crippen LogP contribution in [0.2, 0.25) is 0 Å². The Hall–Kier alpha value is -3.68. The SMILES string of the molecule is Cn1c(C(=O)NCc2cccc(-n3ccc(C(=O)O)n3)c2)cccc1=O. The molecule has 3 rings (SSSR count). The van der Waals surface area contributed by atoms with Crippen molar-refractivity contribution in [2.75, 3.05) is 0 Å². The summed E-state index contributed by atoms with van der Waals surface area (Å²) in [4.78, 5) is 34.8. The Balaban J connectivity index is 1.74. The van der Waals surface area contributed by atoms with Crippen LogP contribution in [0.15, 0.2) is 59.5 Å². The zero-order valence-corrected chi connectivity index (χ0v) is 13.9. The third-order valence-corrected chi connectivity index (χ3v) is 3.85. The van der Waals surface area contributed by atoms with Crippen LogP contribution in [0.25, 0.3) is 5.69 Å². The summed E-state index contributed by atoms with van der Waals surface area (Å²) in [5, 5.41) is 15.7. The van der Waals surface area contributed by atoms with Crippen LogP contribution in [0.5, 0.6) is 0 Å². The van der Waals surface area contributed by atoms with Crippen LogP contribution in [0.3, 0.4) is 0 Å². The quantitative estimate of drug-likeness (QED) is 0.718. The number of carboxylic acids is 1. The molecule has 0 atom stereocenters. The molecular weight excluding hydrogens is 336 g/mol. The number of rotatable bonds is 5. The van der Waals surface area contributed by atoms with Gasteiger partial charge in [0.05, 0.1) is 5.69 Å². The number of carbonyl (C=O) groups is 2. The van der Waals surface area contributed by atoms with E-state index in [4.69, 9.17) is 5.11 Å². The van der Waals surface area contributed by atoms with Crippen LogP contribution in [-0.4, -0.2) is 31.3 Å². The average molecular weight is 352 g/mol. The predicted molar refractivity (Wildman–Crippen MR) is 93.4 cm³/mol. The number of hydrogen-bond donors (Lipinski definition) is 2. The first-order valence-corrected chi connectivity index (χ1v) is 7.78. The number of benzene rings is 1. The maximum Gasteiger partial charge on any atom is 0.356 e. The number of aromatic carboxylic acids is 1. The molecule has 0 saturated heterocycles. The van der Waals surface area contributed by atoms with Gasteiger partial charge in [0.15, 0.2) is 5.69 Å². The molecule has 2 N–H and O–H groups in total. The third-order valence-electron chi connectivity index (χ3n) is 3.85. The molecule has 0 aliphatic heterocycles. The van der Waals surface area contributed by atoms with Crippen LogP contribution < -0.4 is 10.9 Å². The van der Waals surface area contributed by atoms with Gasteiger partial charge in [0.2, 0.25) is 0 Å². The molecular formula is C18H16N4O4. The van der Waals surface area contributed by atoms with E-state index in [2.05, 4.69) is 10.4 Å². The zero-order chi connectivity index (χ0) is 18.7. The third kappa shape index (κ3) is 3.54. The van der Waals surface area contributed by atoms with Gasteiger partial charge in [-0.25, -0.2) is 9.48 Å². The van der Waals surface area contributed by atoms with Gasteiger partial charge in [0, 0.05) is 25.9 Å². The maximum absolute atomic E-state index is 12.3. The smallest absolute Gasteiger partial charge is 0.356 e. The van der Waals surface area contributed by atoms with Crippen molar-refractivity contribution in [2.24, 2.45) is 7.05 Å². The van der Waals surface area contributed by atoms with Crippen molar-refractivity contribution in [3.05, 3.63) is 82.0 Å². The summed E-state index contributed by atoms with van der Waals surface area (Å²) in [7, 11) is 1.54. The Kier molecular flexibility index (Phi) is 4.66. The normalized spacial score (nSPS) is 10.5. The van der Waals surface area contributed by atoms with E-state index in [-0.39, 0.29) is 29.4 Å². The van der Waals surface area contributed by atoms with E-state index in [0.29, 0.717) is 5.69 Å². The Morgan fingerprint density at radius 1 is 1.15 bits per heavy atom. The lowest BCUT2D eigenvalue weighted by atomic mass is 10.2. The minimum Gasteiger partial charge on any atom is -0.476 e. The van der Waals surface area contributed by atoms with Crippen molar-refractivity contribution < 1.29 is 14.7 Å². The molecule has 0 bridgehead atoms. The molecule has 2 heterocycles. The minimum absolute atomic E-state index is 0.0475. The molecule has 0 aliphatic carbocycles. The van der Waals surface area contributed by atoms with Gasteiger partial charge in [-0.15, -0.1) is 0 Å². The minimum atomic E-state index is -1.10. The summed E-state index contributed by atoms with van der Waals surface area (Å²) in [6.07, 6.45) is 1.56. The van der Waals surface area contributed by atoms with E-state index < -0.39 is 5.97 Å². The first kappa shape index (κ1) is 17.2. The summed E-state index contributed by atoms with van der Waals surface area (Å²) in [6.45, 7) is 0.253. The van der Waals surface area contributed by atoms with E-state index >= 15 is 0 Å². The summed E-state index contributed by atoms with van der Waals surface area (Å²) >= 11 is 0. The van der Waals surface area contributed by atoms with E-state index in [1.807, 2.05) is 6.07 Å². The molecule has 8 nitrogen and oxygen atoms in total. The Morgan fingerprint density at radius 3 is 2.65 bits per heavy atom. The molecule has 8 heteroatoms. The van der Waals surface area contributed by atoms with E-state index in [1.165, 1.54) is 34.5 Å². The van der Waals surface area contributed by atoms with Crippen LogP contribution >= 0.6 is 0 Å². The standard InChI is InChI=1S/C18H16N4O4/c1-21-15(6-3-7-16(21)23)17(24)19-11-12-4-2-5-13(10-12)22-9-8-14(20-22)18(25)26/h2-10H,11H2,1H3,(H,19,24)(H,25,26). The van der Waals surface area contributed by atoms with Gasteiger partial charge in [0.1, 0.15) is 5.69 Å². The highest BCUT2D eigenvalue weighted by Gasteiger charge is 2.10. The first-order valence-electron chi connectivity index (χ1n) is 7.78. The second kappa shape index (κ2) is 7.06. The van der Waals surface area contributed by atoms with Gasteiger partial charge in [-0.1, -0.05) is 18.2 Å². The van der Waals surface area contributed by atoms with Gasteiger partial charge in [-0.2, -0.15) is 5.10 Å². The highest BCUT2D eigenvalue weighted by atomic mass is 16.4. The summed E-state index contributed by atoms with van der Waals surface area (Å²) < 4.78 is 2.73. The first-order chi connectivity index (χ1) is 12.5. The molecule has 1 aromatic carbocycles. The van der Waals surface area contributed by atoms with Crippen LogP contribution in [0.1, 0.15) is 26.5 Å². The Morgan fingerprint density at radius 2 is 1.92 bits per heavy atom. The lowest BCUT2D eigenvalue weighted by molar-refractivity contribution is 0.0689. The topological polar surface area (TPSA) is 106 Å². The lowest BCUT2D eigenvalue weighted by Gasteiger charge is -2.10. The predicted octanol–water partition coefficient (Wildman–Crippen LogP) is 1.20. The molecule has 2 aromatic heterocycles. The Bertz CT molecular complexity index is 1040. The number of aromatic nitrogens is 3. The van der Waals surface area contributed by atoms with Gasteiger partial charge >= 0.3 is 5.97 Å². The molecule has 0 spiro atoms. The van der Waals surface area contributed by atoms with E-state index in [0.717, 1.165) is 5.56 Å². The van der Waals surface area contributed by atoms with Crippen LogP contribution in [-0.2, 0) is 13.6 Å². The number of hydrogen-bond acceptors (Lipinski definition) is 4. The largest absolute Gasteiger partial charge is 0.476 e. The van der Waals surface area contributed by atoms with Crippen molar-refractivity contribution in [1.82, 2.24) is 19.7 Å². The number of carboxylic acid groups (broad SMARTS) is 1. The van der Waals surface area contributed by atoms with Crippen molar-refractivity contribution in [2.45, 2.75) is 6.54 Å². The van der Waals surface area contributed by atoms with Crippen molar-refractivity contribution in [3.63, 3.8) is 0 Å². The monoisotopic (exact) mass is 352 g/mol. The molecule has 26 heavy (non-hydrogen) atoms. The van der Waals surface area contributed by atoms with Crippen molar-refractivity contribution >= 4 is 11.9 Å². The molecule has 0 radical (unpaired) electrons. The fraction of sp³-hybridized carbons (Fsp3) is 0.111. The number of carbonyl (C=O) groups excluding carboxylic acids is 1. The van der Waals surface area contributed by atoms with Crippen LogP contribution in [0, 0.1) is 0 Å². The summed E-state index contributed by atoms with van der Waals surface area (Å²) in [5.74, 6) is -1.46. The van der Waals surface area contributed by atoms with Crippen LogP contribution in [0.4, 0.5) is 0 Å². The molecule has 3 aromatic rings. The molecule has 1 amide bonds. The fourth-order valence-electron chi connectivity index (χ4n) is 2.46. The average Bonchev–Trinajstić information content (AvgIpc) is 3.13. The van der Waals surface area contributed by atoms with Gasteiger partial charge in [0.25, 0.3) is 11.5 Å². The second-order valence-electron chi connectivity index (χ2n) is 5.61. The van der Waals surface area contributed by atoms with Gasteiger partial charge in [-0.3, -0.25) is 9.59 Å². The molecule has 0 fully saturated rings. The summed E-state index contributed by atoms with van der Waals surface area (Å²) in [5.41, 5.74) is 1.45. The number of amides is 1.